The third-order valence-corrected chi connectivity index (χ3v) is 6.58. The Labute approximate surface area is 144 Å². The van der Waals surface area contributed by atoms with Gasteiger partial charge in [0, 0.05) is 32.7 Å². The van der Waals surface area contributed by atoms with E-state index < -0.39 is 21.6 Å². The van der Waals surface area contributed by atoms with Gasteiger partial charge in [0.25, 0.3) is 0 Å². The zero-order valence-corrected chi connectivity index (χ0v) is 14.7. The van der Waals surface area contributed by atoms with Crippen LogP contribution in [0, 0.1) is 0 Å². The van der Waals surface area contributed by atoms with Crippen molar-refractivity contribution in [2.45, 2.75) is 0 Å². The minimum absolute atomic E-state index is 0.111. The maximum atomic E-state index is 11.6. The number of nitrogens with zero attached hydrogens (tertiary/aromatic N) is 3. The minimum atomic E-state index is -3.53. The third-order valence-electron chi connectivity index (χ3n) is 3.99. The molecule has 2 aromatic rings. The number of para-hydroxylation sites is 1. The number of carboxylic acids is 1. The molecular weight excluding hydrogens is 350 g/mol. The zero-order chi connectivity index (χ0) is 17.2. The quantitative estimate of drug-likeness (QED) is 0.809. The van der Waals surface area contributed by atoms with Crippen molar-refractivity contribution in [1.29, 1.82) is 0 Å². The number of sulfone groups is 1. The Hall–Kier alpha value is -1.71. The van der Waals surface area contributed by atoms with Crippen molar-refractivity contribution < 1.29 is 18.3 Å². The van der Waals surface area contributed by atoms with Crippen LogP contribution in [0.4, 0.5) is 5.13 Å². The lowest BCUT2D eigenvalue weighted by Gasteiger charge is -2.34. The summed E-state index contributed by atoms with van der Waals surface area (Å²) >= 11 is 1.66. The second-order valence-electron chi connectivity index (χ2n) is 5.78. The molecule has 1 fully saturated rings. The lowest BCUT2D eigenvalue weighted by molar-refractivity contribution is -0.134. The maximum absolute atomic E-state index is 11.6. The van der Waals surface area contributed by atoms with Crippen LogP contribution >= 0.6 is 11.3 Å². The van der Waals surface area contributed by atoms with Gasteiger partial charge in [0.15, 0.2) is 15.0 Å². The molecule has 0 saturated carbocycles. The molecule has 24 heavy (non-hydrogen) atoms. The molecule has 130 valence electrons. The summed E-state index contributed by atoms with van der Waals surface area (Å²) < 4.78 is 24.4. The molecule has 0 amide bonds. The number of aromatic nitrogens is 1. The lowest BCUT2D eigenvalue weighted by Crippen LogP contribution is -2.47. The van der Waals surface area contributed by atoms with Crippen LogP contribution in [0.2, 0.25) is 0 Å². The van der Waals surface area contributed by atoms with Gasteiger partial charge in [0.05, 0.1) is 16.0 Å². The summed E-state index contributed by atoms with van der Waals surface area (Å²) in [6, 6.07) is 8.03. The van der Waals surface area contributed by atoms with Crippen LogP contribution in [0.5, 0.6) is 0 Å². The van der Waals surface area contributed by atoms with Crippen molar-refractivity contribution in [2.24, 2.45) is 0 Å². The first-order valence-electron chi connectivity index (χ1n) is 7.68. The molecule has 1 N–H and O–H groups in total. The second kappa shape index (κ2) is 7.04. The van der Waals surface area contributed by atoms with Gasteiger partial charge in [0.2, 0.25) is 0 Å². The molecule has 0 spiro atoms. The Morgan fingerprint density at radius 1 is 1.21 bits per heavy atom. The molecule has 7 nitrogen and oxygen atoms in total. The molecule has 0 radical (unpaired) electrons. The fourth-order valence-corrected chi connectivity index (χ4v) is 4.76. The van der Waals surface area contributed by atoms with Crippen molar-refractivity contribution in [2.75, 3.05) is 49.1 Å². The predicted octanol–water partition coefficient (Wildman–Crippen LogP) is 0.918. The Kier molecular flexibility index (Phi) is 5.02. The van der Waals surface area contributed by atoms with Crippen molar-refractivity contribution >= 4 is 42.5 Å². The Bertz CT molecular complexity index is 793. The SMILES string of the molecule is O=C(O)CS(=O)(=O)CCN1CCN(c2nc3ccccc3s2)CC1. The number of hydrogen-bond donors (Lipinski definition) is 1. The monoisotopic (exact) mass is 369 g/mol. The molecule has 0 unspecified atom stereocenters. The van der Waals surface area contributed by atoms with Gasteiger partial charge in [-0.15, -0.1) is 0 Å². The first kappa shape index (κ1) is 17.1. The van der Waals surface area contributed by atoms with E-state index >= 15 is 0 Å². The van der Waals surface area contributed by atoms with Gasteiger partial charge in [-0.25, -0.2) is 13.4 Å². The van der Waals surface area contributed by atoms with Crippen LogP contribution in [-0.4, -0.2) is 73.6 Å². The summed E-state index contributed by atoms with van der Waals surface area (Å²) in [5.74, 6) is -2.20. The van der Waals surface area contributed by atoms with Crippen LogP contribution in [-0.2, 0) is 14.6 Å². The average Bonchev–Trinajstić information content (AvgIpc) is 2.96. The number of fused-ring (bicyclic) bond motifs is 1. The Morgan fingerprint density at radius 3 is 2.58 bits per heavy atom. The van der Waals surface area contributed by atoms with E-state index in [-0.39, 0.29) is 5.75 Å². The topological polar surface area (TPSA) is 90.8 Å². The molecule has 3 rings (SSSR count). The number of aliphatic carboxylic acids is 1. The van der Waals surface area contributed by atoms with E-state index in [9.17, 15) is 13.2 Å². The molecular formula is C15H19N3O4S2. The first-order chi connectivity index (χ1) is 11.4. The van der Waals surface area contributed by atoms with E-state index in [1.165, 1.54) is 0 Å². The van der Waals surface area contributed by atoms with E-state index in [1.807, 2.05) is 18.2 Å². The first-order valence-corrected chi connectivity index (χ1v) is 10.3. The molecule has 1 aliphatic heterocycles. The van der Waals surface area contributed by atoms with E-state index in [0.29, 0.717) is 6.54 Å². The van der Waals surface area contributed by atoms with Gasteiger partial charge in [-0.3, -0.25) is 9.69 Å². The van der Waals surface area contributed by atoms with Crippen molar-refractivity contribution in [3.8, 4) is 0 Å². The molecule has 9 heteroatoms. The molecule has 1 aliphatic rings. The summed E-state index contributed by atoms with van der Waals surface area (Å²) in [6.07, 6.45) is 0. The summed E-state index contributed by atoms with van der Waals surface area (Å²) in [5, 5.41) is 9.60. The fraction of sp³-hybridized carbons (Fsp3) is 0.467. The number of carboxylic acid groups (broad SMARTS) is 1. The molecule has 1 aromatic carbocycles. The fourth-order valence-electron chi connectivity index (χ4n) is 2.69. The molecule has 1 aromatic heterocycles. The Morgan fingerprint density at radius 2 is 1.92 bits per heavy atom. The summed E-state index contributed by atoms with van der Waals surface area (Å²) in [5.41, 5.74) is 1.000. The van der Waals surface area contributed by atoms with Gasteiger partial charge in [-0.1, -0.05) is 23.5 Å². The number of rotatable bonds is 6. The number of benzene rings is 1. The summed E-state index contributed by atoms with van der Waals surface area (Å²) in [6.45, 7) is 3.46. The van der Waals surface area contributed by atoms with Crippen LogP contribution in [0.1, 0.15) is 0 Å². The van der Waals surface area contributed by atoms with Crippen LogP contribution < -0.4 is 4.90 Å². The van der Waals surface area contributed by atoms with Gasteiger partial charge in [0.1, 0.15) is 5.75 Å². The smallest absolute Gasteiger partial charge is 0.318 e. The number of hydrogen-bond acceptors (Lipinski definition) is 7. The van der Waals surface area contributed by atoms with Gasteiger partial charge in [-0.05, 0) is 12.1 Å². The summed E-state index contributed by atoms with van der Waals surface area (Å²) in [4.78, 5) is 19.5. The summed E-state index contributed by atoms with van der Waals surface area (Å²) in [7, 11) is -3.53. The highest BCUT2D eigenvalue weighted by molar-refractivity contribution is 7.92. The molecule has 0 aliphatic carbocycles. The van der Waals surface area contributed by atoms with Crippen molar-refractivity contribution in [1.82, 2.24) is 9.88 Å². The standard InChI is InChI=1S/C15H19N3O4S2/c19-14(20)11-24(21,22)10-9-17-5-7-18(8-6-17)15-16-12-3-1-2-4-13(12)23-15/h1-4H,5-11H2,(H,19,20). The number of thiazole rings is 1. The van der Waals surface area contributed by atoms with Gasteiger partial charge in [-0.2, -0.15) is 0 Å². The third kappa shape index (κ3) is 4.22. The average molecular weight is 369 g/mol. The lowest BCUT2D eigenvalue weighted by atomic mass is 10.3. The van der Waals surface area contributed by atoms with Gasteiger partial charge < -0.3 is 10.0 Å². The highest BCUT2D eigenvalue weighted by atomic mass is 32.2. The zero-order valence-electron chi connectivity index (χ0n) is 13.1. The predicted molar refractivity (Wildman–Crippen MR) is 94.6 cm³/mol. The molecule has 0 atom stereocenters. The van der Waals surface area contributed by atoms with E-state index in [2.05, 4.69) is 20.9 Å². The van der Waals surface area contributed by atoms with E-state index in [0.717, 1.165) is 41.5 Å². The van der Waals surface area contributed by atoms with Crippen molar-refractivity contribution in [3.05, 3.63) is 24.3 Å². The van der Waals surface area contributed by atoms with Crippen LogP contribution in [0.25, 0.3) is 10.2 Å². The minimum Gasteiger partial charge on any atom is -0.480 e. The maximum Gasteiger partial charge on any atom is 0.318 e. The molecule has 0 bridgehead atoms. The van der Waals surface area contributed by atoms with E-state index in [1.54, 1.807) is 11.3 Å². The van der Waals surface area contributed by atoms with Crippen LogP contribution in [0.15, 0.2) is 24.3 Å². The van der Waals surface area contributed by atoms with Crippen molar-refractivity contribution in [3.63, 3.8) is 0 Å². The Balaban J connectivity index is 1.53. The second-order valence-corrected chi connectivity index (χ2v) is 8.97. The van der Waals surface area contributed by atoms with Gasteiger partial charge >= 0.3 is 5.97 Å². The highest BCUT2D eigenvalue weighted by Crippen LogP contribution is 2.29. The molecule has 1 saturated heterocycles. The molecule has 2 heterocycles. The van der Waals surface area contributed by atoms with E-state index in [4.69, 9.17) is 5.11 Å². The number of anilines is 1. The largest absolute Gasteiger partial charge is 0.480 e. The number of piperazine rings is 1. The highest BCUT2D eigenvalue weighted by Gasteiger charge is 2.22. The normalized spacial score (nSPS) is 16.6. The number of carbonyl (C=O) groups is 1. The van der Waals surface area contributed by atoms with Crippen LogP contribution in [0.3, 0.4) is 0 Å².